The second-order valence-electron chi connectivity index (χ2n) is 3.28. The number of rotatable bonds is 4. The lowest BCUT2D eigenvalue weighted by molar-refractivity contribution is -0.118. The number of hydrogen-bond acceptors (Lipinski definition) is 4. The van der Waals surface area contributed by atoms with E-state index in [0.717, 1.165) is 18.2 Å². The summed E-state index contributed by atoms with van der Waals surface area (Å²) in [6, 6.07) is 2.72. The third-order valence-corrected chi connectivity index (χ3v) is 2.57. The third kappa shape index (κ3) is 3.49. The van der Waals surface area contributed by atoms with E-state index in [2.05, 4.69) is 10.3 Å². The highest BCUT2D eigenvalue weighted by Gasteiger charge is 2.07. The number of carbonyl (C=O) groups is 1. The van der Waals surface area contributed by atoms with Crippen molar-refractivity contribution in [3.63, 3.8) is 0 Å². The van der Waals surface area contributed by atoms with Gasteiger partial charge in [0.05, 0.1) is 0 Å². The number of carbonyl (C=O) groups excluding carboxylic acids is 1. The van der Waals surface area contributed by atoms with E-state index >= 15 is 0 Å². The molecule has 0 aliphatic carbocycles. The molecule has 1 N–H and O–H groups in total. The Labute approximate surface area is 105 Å². The third-order valence-electron chi connectivity index (χ3n) is 1.88. The molecule has 1 heterocycles. The van der Waals surface area contributed by atoms with Crippen molar-refractivity contribution in [1.82, 2.24) is 4.98 Å². The van der Waals surface area contributed by atoms with E-state index in [1.807, 2.05) is 0 Å². The highest BCUT2D eigenvalue weighted by atomic mass is 32.1. The molecule has 1 aromatic heterocycles. The number of anilines is 1. The molecule has 1 aromatic carbocycles. The van der Waals surface area contributed by atoms with Gasteiger partial charge in [0.2, 0.25) is 0 Å². The zero-order valence-corrected chi connectivity index (χ0v) is 9.84. The highest BCUT2D eigenvalue weighted by Crippen LogP contribution is 2.15. The Morgan fingerprint density at radius 3 is 2.67 bits per heavy atom. The Hall–Kier alpha value is -2.02. The van der Waals surface area contributed by atoms with Crippen molar-refractivity contribution in [1.29, 1.82) is 0 Å². The fraction of sp³-hybridized carbons (Fsp3) is 0.0909. The predicted octanol–water partition coefficient (Wildman–Crippen LogP) is 2.44. The van der Waals surface area contributed by atoms with E-state index in [-0.39, 0.29) is 12.4 Å². The number of amides is 1. The Morgan fingerprint density at radius 1 is 1.33 bits per heavy atom. The molecule has 0 saturated carbocycles. The van der Waals surface area contributed by atoms with Crippen molar-refractivity contribution >= 4 is 22.4 Å². The zero-order valence-electron chi connectivity index (χ0n) is 9.02. The number of aromatic nitrogens is 1. The van der Waals surface area contributed by atoms with Gasteiger partial charge < -0.3 is 4.74 Å². The quantitative estimate of drug-likeness (QED) is 0.928. The first-order valence-corrected chi connectivity index (χ1v) is 5.80. The number of nitrogens with zero attached hydrogens (tertiary/aromatic N) is 1. The number of benzene rings is 1. The maximum absolute atomic E-state index is 12.8. The summed E-state index contributed by atoms with van der Waals surface area (Å²) in [6.07, 6.45) is 1.54. The molecule has 1 amide bonds. The standard InChI is InChI=1S/C11H8F2N2O2S/c12-7-3-8(13)5-9(4-7)17-6-10(16)15-11-14-1-2-18-11/h1-5H,6H2,(H,14,15,16). The molecule has 94 valence electrons. The number of thiazole rings is 1. The van der Waals surface area contributed by atoms with Crippen molar-refractivity contribution in [2.45, 2.75) is 0 Å². The van der Waals surface area contributed by atoms with Gasteiger partial charge in [-0.05, 0) is 0 Å². The van der Waals surface area contributed by atoms with Crippen LogP contribution in [0.15, 0.2) is 29.8 Å². The first kappa shape index (κ1) is 12.4. The van der Waals surface area contributed by atoms with Crippen LogP contribution in [0.2, 0.25) is 0 Å². The first-order valence-electron chi connectivity index (χ1n) is 4.92. The summed E-state index contributed by atoms with van der Waals surface area (Å²) in [7, 11) is 0. The lowest BCUT2D eigenvalue weighted by atomic mass is 10.3. The molecule has 7 heteroatoms. The SMILES string of the molecule is O=C(COc1cc(F)cc(F)c1)Nc1nccs1. The monoisotopic (exact) mass is 270 g/mol. The predicted molar refractivity (Wildman–Crippen MR) is 62.6 cm³/mol. The van der Waals surface area contributed by atoms with Crippen LogP contribution in [-0.4, -0.2) is 17.5 Å². The van der Waals surface area contributed by atoms with Crippen molar-refractivity contribution < 1.29 is 18.3 Å². The molecule has 0 radical (unpaired) electrons. The average Bonchev–Trinajstić information content (AvgIpc) is 2.78. The summed E-state index contributed by atoms with van der Waals surface area (Å²) >= 11 is 1.26. The second-order valence-corrected chi connectivity index (χ2v) is 4.17. The summed E-state index contributed by atoms with van der Waals surface area (Å²) in [5.74, 6) is -2.01. The fourth-order valence-corrected chi connectivity index (χ4v) is 1.75. The Kier molecular flexibility index (Phi) is 3.83. The molecular weight excluding hydrogens is 262 g/mol. The maximum Gasteiger partial charge on any atom is 0.264 e. The van der Waals surface area contributed by atoms with Gasteiger partial charge in [-0.3, -0.25) is 10.1 Å². The number of nitrogens with one attached hydrogen (secondary N) is 1. The summed E-state index contributed by atoms with van der Waals surface area (Å²) in [6.45, 7) is -0.345. The molecular formula is C11H8F2N2O2S. The Balaban J connectivity index is 1.89. The van der Waals surface area contributed by atoms with Crippen LogP contribution in [0, 0.1) is 11.6 Å². The summed E-state index contributed by atoms with van der Waals surface area (Å²) in [5, 5.41) is 4.62. The van der Waals surface area contributed by atoms with Crippen LogP contribution >= 0.6 is 11.3 Å². The lowest BCUT2D eigenvalue weighted by Crippen LogP contribution is -2.20. The minimum Gasteiger partial charge on any atom is -0.484 e. The van der Waals surface area contributed by atoms with Gasteiger partial charge >= 0.3 is 0 Å². The topological polar surface area (TPSA) is 51.2 Å². The molecule has 18 heavy (non-hydrogen) atoms. The van der Waals surface area contributed by atoms with Crippen LogP contribution in [-0.2, 0) is 4.79 Å². The van der Waals surface area contributed by atoms with Gasteiger partial charge in [-0.1, -0.05) is 0 Å². The Bertz CT molecular complexity index is 526. The van der Waals surface area contributed by atoms with Gasteiger partial charge in [0.15, 0.2) is 11.7 Å². The molecule has 0 bridgehead atoms. The van der Waals surface area contributed by atoms with Crippen LogP contribution < -0.4 is 10.1 Å². The molecule has 0 atom stereocenters. The molecule has 0 fully saturated rings. The van der Waals surface area contributed by atoms with Crippen molar-refractivity contribution in [2.75, 3.05) is 11.9 Å². The van der Waals surface area contributed by atoms with E-state index in [1.165, 1.54) is 11.3 Å². The Morgan fingerprint density at radius 2 is 2.06 bits per heavy atom. The van der Waals surface area contributed by atoms with Crippen LogP contribution in [0.1, 0.15) is 0 Å². The summed E-state index contributed by atoms with van der Waals surface area (Å²) < 4.78 is 30.6. The van der Waals surface area contributed by atoms with Crippen molar-refractivity contribution in [3.8, 4) is 5.75 Å². The van der Waals surface area contributed by atoms with Crippen molar-refractivity contribution in [2.24, 2.45) is 0 Å². The van der Waals surface area contributed by atoms with Crippen LogP contribution in [0.5, 0.6) is 5.75 Å². The minimum atomic E-state index is -0.759. The number of ether oxygens (including phenoxy) is 1. The van der Waals surface area contributed by atoms with E-state index in [1.54, 1.807) is 11.6 Å². The van der Waals surface area contributed by atoms with E-state index in [4.69, 9.17) is 4.74 Å². The average molecular weight is 270 g/mol. The first-order chi connectivity index (χ1) is 8.63. The van der Waals surface area contributed by atoms with Crippen LogP contribution in [0.3, 0.4) is 0 Å². The lowest BCUT2D eigenvalue weighted by Gasteiger charge is -2.06. The minimum absolute atomic E-state index is 0.0400. The molecule has 0 aliphatic heterocycles. The van der Waals surface area contributed by atoms with Gasteiger partial charge in [0.25, 0.3) is 5.91 Å². The molecule has 0 saturated heterocycles. The molecule has 4 nitrogen and oxygen atoms in total. The van der Waals surface area contributed by atoms with Gasteiger partial charge in [0, 0.05) is 29.8 Å². The summed E-state index contributed by atoms with van der Waals surface area (Å²) in [5.41, 5.74) is 0. The second kappa shape index (κ2) is 5.54. The van der Waals surface area contributed by atoms with Crippen LogP contribution in [0.4, 0.5) is 13.9 Å². The van der Waals surface area contributed by atoms with Crippen molar-refractivity contribution in [3.05, 3.63) is 41.4 Å². The van der Waals surface area contributed by atoms with Gasteiger partial charge in [0.1, 0.15) is 17.4 Å². The van der Waals surface area contributed by atoms with Gasteiger partial charge in [-0.25, -0.2) is 13.8 Å². The van der Waals surface area contributed by atoms with E-state index in [9.17, 15) is 13.6 Å². The van der Waals surface area contributed by atoms with Gasteiger partial charge in [-0.15, -0.1) is 11.3 Å². The highest BCUT2D eigenvalue weighted by molar-refractivity contribution is 7.13. The van der Waals surface area contributed by atoms with Gasteiger partial charge in [-0.2, -0.15) is 0 Å². The molecule has 0 spiro atoms. The number of halogens is 2. The van der Waals surface area contributed by atoms with E-state index < -0.39 is 17.5 Å². The smallest absolute Gasteiger partial charge is 0.264 e. The maximum atomic E-state index is 12.8. The normalized spacial score (nSPS) is 10.1. The zero-order chi connectivity index (χ0) is 13.0. The number of hydrogen-bond donors (Lipinski definition) is 1. The van der Waals surface area contributed by atoms with E-state index in [0.29, 0.717) is 5.13 Å². The molecule has 2 rings (SSSR count). The fourth-order valence-electron chi connectivity index (χ4n) is 1.20. The molecule has 0 aliphatic rings. The van der Waals surface area contributed by atoms with Crippen LogP contribution in [0.25, 0.3) is 0 Å². The summed E-state index contributed by atoms with van der Waals surface area (Å²) in [4.78, 5) is 15.2. The molecule has 0 unspecified atom stereocenters. The largest absolute Gasteiger partial charge is 0.484 e. The molecule has 2 aromatic rings.